The van der Waals surface area contributed by atoms with Crippen LogP contribution in [-0.4, -0.2) is 33.2 Å². The molecule has 2 aromatic rings. The van der Waals surface area contributed by atoms with Gasteiger partial charge < -0.3 is 9.84 Å². The van der Waals surface area contributed by atoms with Crippen LogP contribution in [0.15, 0.2) is 18.2 Å². The number of methoxy groups -OCH3 is 1. The van der Waals surface area contributed by atoms with Gasteiger partial charge in [0.25, 0.3) is 0 Å². The molecule has 0 bridgehead atoms. The molecule has 0 aliphatic heterocycles. The summed E-state index contributed by atoms with van der Waals surface area (Å²) in [6, 6.07) is 3.91. The molecule has 0 amide bonds. The van der Waals surface area contributed by atoms with Gasteiger partial charge in [0.15, 0.2) is 5.69 Å². The Kier molecular flexibility index (Phi) is 3.77. The van der Waals surface area contributed by atoms with Crippen molar-refractivity contribution in [2.75, 3.05) is 7.11 Å². The standard InChI is InChI=1S/C11H9ClFN3O3/c1-19-5-9-10(11(17)18)14-15-16(9)6-2-3-8(13)7(12)4-6/h2-4H,5H2,1H3,(H,17,18). The zero-order valence-electron chi connectivity index (χ0n) is 9.80. The fourth-order valence-electron chi connectivity index (χ4n) is 1.56. The minimum absolute atomic E-state index is 0.00360. The molecular formula is C11H9ClFN3O3. The van der Waals surface area contributed by atoms with Crippen molar-refractivity contribution in [3.05, 3.63) is 40.4 Å². The summed E-state index contributed by atoms with van der Waals surface area (Å²) >= 11 is 5.68. The second-order valence-electron chi connectivity index (χ2n) is 3.63. The van der Waals surface area contributed by atoms with Crippen molar-refractivity contribution in [1.82, 2.24) is 15.0 Å². The van der Waals surface area contributed by atoms with Crippen molar-refractivity contribution in [1.29, 1.82) is 0 Å². The van der Waals surface area contributed by atoms with Crippen LogP contribution < -0.4 is 0 Å². The first-order chi connectivity index (χ1) is 9.04. The molecule has 1 aromatic heterocycles. The van der Waals surface area contributed by atoms with Crippen molar-refractivity contribution in [2.24, 2.45) is 0 Å². The van der Waals surface area contributed by atoms with Gasteiger partial charge in [0.05, 0.1) is 17.3 Å². The Morgan fingerprint density at radius 1 is 1.58 bits per heavy atom. The third-order valence-corrected chi connectivity index (χ3v) is 2.68. The summed E-state index contributed by atoms with van der Waals surface area (Å²) in [6.45, 7) is 0.00360. The quantitative estimate of drug-likeness (QED) is 0.928. The lowest BCUT2D eigenvalue weighted by Crippen LogP contribution is -2.08. The number of hydrogen-bond donors (Lipinski definition) is 1. The molecule has 0 aliphatic carbocycles. The van der Waals surface area contributed by atoms with Crippen molar-refractivity contribution in [3.63, 3.8) is 0 Å². The van der Waals surface area contributed by atoms with Crippen LogP contribution in [0.2, 0.25) is 5.02 Å². The lowest BCUT2D eigenvalue weighted by molar-refractivity contribution is 0.0685. The molecule has 6 nitrogen and oxygen atoms in total. The van der Waals surface area contributed by atoms with E-state index in [4.69, 9.17) is 21.4 Å². The van der Waals surface area contributed by atoms with Crippen LogP contribution in [0, 0.1) is 5.82 Å². The summed E-state index contributed by atoms with van der Waals surface area (Å²) in [5, 5.41) is 16.2. The Labute approximate surface area is 112 Å². The van der Waals surface area contributed by atoms with Gasteiger partial charge in [-0.1, -0.05) is 16.8 Å². The zero-order chi connectivity index (χ0) is 14.0. The Morgan fingerprint density at radius 3 is 2.89 bits per heavy atom. The van der Waals surface area contributed by atoms with Gasteiger partial charge in [0, 0.05) is 7.11 Å². The molecule has 8 heteroatoms. The van der Waals surface area contributed by atoms with Crippen molar-refractivity contribution < 1.29 is 19.0 Å². The van der Waals surface area contributed by atoms with E-state index in [0.717, 1.165) is 6.07 Å². The molecule has 0 spiro atoms. The molecule has 1 N–H and O–H groups in total. The number of halogens is 2. The van der Waals surface area contributed by atoms with E-state index in [9.17, 15) is 9.18 Å². The first kappa shape index (κ1) is 13.4. The van der Waals surface area contributed by atoms with Crippen molar-refractivity contribution in [2.45, 2.75) is 6.61 Å². The summed E-state index contributed by atoms with van der Waals surface area (Å²) in [6.07, 6.45) is 0. The molecule has 0 saturated heterocycles. The maximum atomic E-state index is 13.1. The number of benzene rings is 1. The largest absolute Gasteiger partial charge is 0.476 e. The van der Waals surface area contributed by atoms with Gasteiger partial charge in [-0.25, -0.2) is 13.9 Å². The van der Waals surface area contributed by atoms with Crippen LogP contribution in [0.4, 0.5) is 4.39 Å². The lowest BCUT2D eigenvalue weighted by atomic mass is 10.2. The lowest BCUT2D eigenvalue weighted by Gasteiger charge is -2.06. The van der Waals surface area contributed by atoms with E-state index >= 15 is 0 Å². The van der Waals surface area contributed by atoms with Gasteiger partial charge >= 0.3 is 5.97 Å². The molecule has 0 aliphatic rings. The molecule has 1 aromatic carbocycles. The summed E-state index contributed by atoms with van der Waals surface area (Å²) in [5.41, 5.74) is 0.429. The van der Waals surface area contributed by atoms with E-state index in [2.05, 4.69) is 10.3 Å². The summed E-state index contributed by atoms with van der Waals surface area (Å²) in [5.74, 6) is -1.79. The third-order valence-electron chi connectivity index (χ3n) is 2.39. The average molecular weight is 286 g/mol. The number of nitrogens with zero attached hydrogens (tertiary/aromatic N) is 3. The second-order valence-corrected chi connectivity index (χ2v) is 4.04. The fourth-order valence-corrected chi connectivity index (χ4v) is 1.73. The maximum absolute atomic E-state index is 13.1. The molecular weight excluding hydrogens is 277 g/mol. The van der Waals surface area contributed by atoms with E-state index in [-0.39, 0.29) is 23.0 Å². The minimum atomic E-state index is -1.22. The van der Waals surface area contributed by atoms with Gasteiger partial charge in [-0.15, -0.1) is 5.10 Å². The molecule has 100 valence electrons. The molecule has 0 radical (unpaired) electrons. The van der Waals surface area contributed by atoms with Crippen molar-refractivity contribution in [3.8, 4) is 5.69 Å². The minimum Gasteiger partial charge on any atom is -0.476 e. The van der Waals surface area contributed by atoms with Gasteiger partial charge in [0.1, 0.15) is 11.5 Å². The number of rotatable bonds is 4. The summed E-state index contributed by atoms with van der Waals surface area (Å²) in [4.78, 5) is 11.0. The van der Waals surface area contributed by atoms with E-state index in [1.165, 1.54) is 23.9 Å². The smallest absolute Gasteiger partial charge is 0.358 e. The van der Waals surface area contributed by atoms with Crippen LogP contribution >= 0.6 is 11.6 Å². The summed E-state index contributed by atoms with van der Waals surface area (Å²) in [7, 11) is 1.42. The summed E-state index contributed by atoms with van der Waals surface area (Å²) < 4.78 is 19.3. The Hall–Kier alpha value is -1.99. The molecule has 0 fully saturated rings. The van der Waals surface area contributed by atoms with Crippen LogP contribution in [0.3, 0.4) is 0 Å². The van der Waals surface area contributed by atoms with E-state index in [1.54, 1.807) is 0 Å². The fraction of sp³-hybridized carbons (Fsp3) is 0.182. The predicted octanol–water partition coefficient (Wildman–Crippen LogP) is 1.90. The Morgan fingerprint density at radius 2 is 2.32 bits per heavy atom. The molecule has 2 rings (SSSR count). The SMILES string of the molecule is COCc1c(C(=O)O)nnn1-c1ccc(F)c(Cl)c1. The molecule has 0 saturated carbocycles. The average Bonchev–Trinajstić information content (AvgIpc) is 2.77. The number of hydrogen-bond acceptors (Lipinski definition) is 4. The van der Waals surface area contributed by atoms with Gasteiger partial charge in [0.2, 0.25) is 0 Å². The first-order valence-electron chi connectivity index (χ1n) is 5.17. The van der Waals surface area contributed by atoms with E-state index in [1.807, 2.05) is 0 Å². The zero-order valence-corrected chi connectivity index (χ0v) is 10.6. The van der Waals surface area contributed by atoms with Crippen LogP contribution in [0.1, 0.15) is 16.2 Å². The van der Waals surface area contributed by atoms with Crippen molar-refractivity contribution >= 4 is 17.6 Å². The Bertz CT molecular complexity index is 630. The molecule has 0 unspecified atom stereocenters. The van der Waals surface area contributed by atoms with Gasteiger partial charge in [-0.3, -0.25) is 0 Å². The van der Waals surface area contributed by atoms with Gasteiger partial charge in [-0.2, -0.15) is 0 Å². The maximum Gasteiger partial charge on any atom is 0.358 e. The normalized spacial score (nSPS) is 10.7. The number of aromatic nitrogens is 3. The third kappa shape index (κ3) is 2.56. The van der Waals surface area contributed by atoms with Crippen LogP contribution in [0.5, 0.6) is 0 Å². The van der Waals surface area contributed by atoms with Crippen LogP contribution in [-0.2, 0) is 11.3 Å². The van der Waals surface area contributed by atoms with E-state index < -0.39 is 11.8 Å². The highest BCUT2D eigenvalue weighted by Gasteiger charge is 2.20. The molecule has 1 heterocycles. The number of carboxylic acids is 1. The molecule has 0 atom stereocenters. The number of carboxylic acid groups (broad SMARTS) is 1. The number of carbonyl (C=O) groups is 1. The van der Waals surface area contributed by atoms with Crippen LogP contribution in [0.25, 0.3) is 5.69 Å². The number of ether oxygens (including phenoxy) is 1. The monoisotopic (exact) mass is 285 g/mol. The predicted molar refractivity (Wildman–Crippen MR) is 64.0 cm³/mol. The number of aromatic carboxylic acids is 1. The highest BCUT2D eigenvalue weighted by atomic mass is 35.5. The van der Waals surface area contributed by atoms with Gasteiger partial charge in [-0.05, 0) is 18.2 Å². The first-order valence-corrected chi connectivity index (χ1v) is 5.54. The van der Waals surface area contributed by atoms with E-state index in [0.29, 0.717) is 5.69 Å². The second kappa shape index (κ2) is 5.33. The highest BCUT2D eigenvalue weighted by Crippen LogP contribution is 2.20. The highest BCUT2D eigenvalue weighted by molar-refractivity contribution is 6.30. The Balaban J connectivity index is 2.55. The topological polar surface area (TPSA) is 77.2 Å². The molecule has 19 heavy (non-hydrogen) atoms.